The summed E-state index contributed by atoms with van der Waals surface area (Å²) < 4.78 is 3.63. The number of amides is 1. The minimum absolute atomic E-state index is 0.442. The maximum atomic E-state index is 11.4. The van der Waals surface area contributed by atoms with E-state index in [0.29, 0.717) is 11.1 Å². The number of pyridine rings is 1. The smallest absolute Gasteiger partial charge is 0.252 e. The number of carbonyl (C=O) groups is 1. The maximum absolute atomic E-state index is 11.4. The zero-order chi connectivity index (χ0) is 14.4. The fourth-order valence-corrected chi connectivity index (χ4v) is 2.46. The van der Waals surface area contributed by atoms with E-state index in [0.717, 1.165) is 22.3 Å². The predicted octanol–water partition coefficient (Wildman–Crippen LogP) is 1.38. The van der Waals surface area contributed by atoms with Crippen LogP contribution < -0.4 is 5.73 Å². The van der Waals surface area contributed by atoms with Crippen molar-refractivity contribution in [3.05, 3.63) is 35.9 Å². The molecule has 0 atom stereocenters. The topological polar surface area (TPSA) is 78.7 Å². The molecule has 0 unspecified atom stereocenters. The van der Waals surface area contributed by atoms with Gasteiger partial charge in [-0.2, -0.15) is 5.10 Å². The van der Waals surface area contributed by atoms with Crippen molar-refractivity contribution in [1.29, 1.82) is 0 Å². The van der Waals surface area contributed by atoms with Crippen LogP contribution >= 0.6 is 0 Å². The third-order valence-corrected chi connectivity index (χ3v) is 3.42. The Balaban J connectivity index is 2.24. The van der Waals surface area contributed by atoms with Crippen molar-refractivity contribution in [2.24, 2.45) is 19.8 Å². The molecule has 0 aliphatic heterocycles. The maximum Gasteiger partial charge on any atom is 0.252 e. The monoisotopic (exact) mass is 269 g/mol. The summed E-state index contributed by atoms with van der Waals surface area (Å²) >= 11 is 0. The van der Waals surface area contributed by atoms with Crippen LogP contribution in [-0.4, -0.2) is 25.2 Å². The van der Waals surface area contributed by atoms with Crippen molar-refractivity contribution in [3.8, 4) is 11.1 Å². The molecule has 0 aliphatic rings. The SMILES string of the molecule is Cc1nn(C)cc1-c1cnc2c(C(N)=O)cn(C)c2c1. The van der Waals surface area contributed by atoms with Gasteiger partial charge < -0.3 is 10.3 Å². The molecule has 0 saturated heterocycles. The van der Waals surface area contributed by atoms with E-state index in [4.69, 9.17) is 5.73 Å². The number of carbonyl (C=O) groups excluding carboxylic acids is 1. The third kappa shape index (κ3) is 1.77. The minimum atomic E-state index is -0.464. The Morgan fingerprint density at radius 3 is 2.65 bits per heavy atom. The molecular formula is C14H15N5O. The molecule has 0 aromatic carbocycles. The highest BCUT2D eigenvalue weighted by Gasteiger charge is 2.14. The molecule has 0 saturated carbocycles. The van der Waals surface area contributed by atoms with Crippen LogP contribution in [0.25, 0.3) is 22.2 Å². The number of hydrogen-bond acceptors (Lipinski definition) is 3. The Hall–Kier alpha value is -2.63. The molecule has 0 spiro atoms. The number of hydrogen-bond donors (Lipinski definition) is 1. The molecular weight excluding hydrogens is 254 g/mol. The Morgan fingerprint density at radius 1 is 1.30 bits per heavy atom. The van der Waals surface area contributed by atoms with E-state index in [9.17, 15) is 4.79 Å². The van der Waals surface area contributed by atoms with Crippen molar-refractivity contribution < 1.29 is 4.79 Å². The Morgan fingerprint density at radius 2 is 2.05 bits per heavy atom. The van der Waals surface area contributed by atoms with E-state index in [-0.39, 0.29) is 0 Å². The lowest BCUT2D eigenvalue weighted by atomic mass is 10.1. The van der Waals surface area contributed by atoms with Crippen LogP contribution in [0.1, 0.15) is 16.1 Å². The van der Waals surface area contributed by atoms with E-state index in [2.05, 4.69) is 10.1 Å². The summed E-state index contributed by atoms with van der Waals surface area (Å²) in [5.74, 6) is -0.464. The fraction of sp³-hybridized carbons (Fsp3) is 0.214. The molecule has 3 rings (SSSR count). The van der Waals surface area contributed by atoms with Gasteiger partial charge >= 0.3 is 0 Å². The number of nitrogens with zero attached hydrogens (tertiary/aromatic N) is 4. The molecule has 3 aromatic heterocycles. The van der Waals surface area contributed by atoms with Gasteiger partial charge in [0, 0.05) is 43.8 Å². The van der Waals surface area contributed by atoms with Crippen LogP contribution in [0.3, 0.4) is 0 Å². The second kappa shape index (κ2) is 4.19. The fourth-order valence-electron chi connectivity index (χ4n) is 2.46. The van der Waals surface area contributed by atoms with Gasteiger partial charge in [0.1, 0.15) is 5.52 Å². The molecule has 1 amide bonds. The van der Waals surface area contributed by atoms with Gasteiger partial charge in [0.15, 0.2) is 0 Å². The lowest BCUT2D eigenvalue weighted by Gasteiger charge is -2.01. The average molecular weight is 269 g/mol. The van der Waals surface area contributed by atoms with Gasteiger partial charge in [-0.1, -0.05) is 0 Å². The van der Waals surface area contributed by atoms with E-state index < -0.39 is 5.91 Å². The highest BCUT2D eigenvalue weighted by atomic mass is 16.1. The first kappa shape index (κ1) is 12.4. The first-order valence-electron chi connectivity index (χ1n) is 6.23. The summed E-state index contributed by atoms with van der Waals surface area (Å²) in [4.78, 5) is 15.8. The van der Waals surface area contributed by atoms with Gasteiger partial charge in [-0.25, -0.2) is 0 Å². The number of rotatable bonds is 2. The molecule has 0 bridgehead atoms. The van der Waals surface area contributed by atoms with Crippen LogP contribution in [0.2, 0.25) is 0 Å². The second-order valence-electron chi connectivity index (χ2n) is 4.91. The van der Waals surface area contributed by atoms with Gasteiger partial charge in [0.05, 0.1) is 16.8 Å². The molecule has 2 N–H and O–H groups in total. The number of fused-ring (bicyclic) bond motifs is 1. The second-order valence-corrected chi connectivity index (χ2v) is 4.91. The number of primary amides is 1. The van der Waals surface area contributed by atoms with Crippen molar-refractivity contribution >= 4 is 16.9 Å². The molecule has 20 heavy (non-hydrogen) atoms. The van der Waals surface area contributed by atoms with Crippen molar-refractivity contribution in [3.63, 3.8) is 0 Å². The van der Waals surface area contributed by atoms with E-state index in [1.54, 1.807) is 17.1 Å². The number of aryl methyl sites for hydroxylation is 3. The van der Waals surface area contributed by atoms with Crippen molar-refractivity contribution in [2.45, 2.75) is 6.92 Å². The van der Waals surface area contributed by atoms with Gasteiger partial charge in [-0.05, 0) is 13.0 Å². The normalized spacial score (nSPS) is 11.2. The predicted molar refractivity (Wildman–Crippen MR) is 76.2 cm³/mol. The van der Waals surface area contributed by atoms with Crippen molar-refractivity contribution in [2.75, 3.05) is 0 Å². The van der Waals surface area contributed by atoms with Crippen LogP contribution in [0.5, 0.6) is 0 Å². The summed E-state index contributed by atoms with van der Waals surface area (Å²) in [5, 5.41) is 4.33. The number of nitrogens with two attached hydrogens (primary N) is 1. The summed E-state index contributed by atoms with van der Waals surface area (Å²) in [6, 6.07) is 2.00. The Kier molecular flexibility index (Phi) is 2.60. The van der Waals surface area contributed by atoms with Crippen LogP contribution in [0, 0.1) is 6.92 Å². The number of aromatic nitrogens is 4. The van der Waals surface area contributed by atoms with Gasteiger partial charge in [-0.3, -0.25) is 14.5 Å². The van der Waals surface area contributed by atoms with E-state index >= 15 is 0 Å². The molecule has 0 aliphatic carbocycles. The van der Waals surface area contributed by atoms with Crippen molar-refractivity contribution in [1.82, 2.24) is 19.3 Å². The zero-order valence-corrected chi connectivity index (χ0v) is 11.6. The lowest BCUT2D eigenvalue weighted by Crippen LogP contribution is -2.10. The highest BCUT2D eigenvalue weighted by Crippen LogP contribution is 2.26. The third-order valence-electron chi connectivity index (χ3n) is 3.42. The quantitative estimate of drug-likeness (QED) is 0.763. The largest absolute Gasteiger partial charge is 0.365 e. The Labute approximate surface area is 115 Å². The molecule has 6 heteroatoms. The highest BCUT2D eigenvalue weighted by molar-refractivity contribution is 6.05. The van der Waals surface area contributed by atoms with Crippen LogP contribution in [0.15, 0.2) is 24.7 Å². The molecule has 3 heterocycles. The standard InChI is InChI=1S/C14H15N5O/c1-8-10(7-19(3)17-8)9-4-12-13(16-5-9)11(14(15)20)6-18(12)2/h4-7H,1-3H3,(H2,15,20). The molecule has 102 valence electrons. The molecule has 0 radical (unpaired) electrons. The van der Waals surface area contributed by atoms with E-state index in [1.807, 2.05) is 37.8 Å². The van der Waals surface area contributed by atoms with Gasteiger partial charge in [-0.15, -0.1) is 0 Å². The van der Waals surface area contributed by atoms with Crippen LogP contribution in [-0.2, 0) is 14.1 Å². The first-order valence-corrected chi connectivity index (χ1v) is 6.23. The minimum Gasteiger partial charge on any atom is -0.365 e. The molecule has 6 nitrogen and oxygen atoms in total. The molecule has 0 fully saturated rings. The summed E-state index contributed by atoms with van der Waals surface area (Å²) in [5.41, 5.74) is 10.3. The summed E-state index contributed by atoms with van der Waals surface area (Å²) in [6.07, 6.45) is 5.41. The zero-order valence-electron chi connectivity index (χ0n) is 11.6. The molecule has 3 aromatic rings. The van der Waals surface area contributed by atoms with E-state index in [1.165, 1.54) is 0 Å². The summed E-state index contributed by atoms with van der Waals surface area (Å²) in [6.45, 7) is 1.96. The lowest BCUT2D eigenvalue weighted by molar-refractivity contribution is 0.100. The average Bonchev–Trinajstić information content (AvgIpc) is 2.90. The van der Waals surface area contributed by atoms with Gasteiger partial charge in [0.25, 0.3) is 5.91 Å². The van der Waals surface area contributed by atoms with Gasteiger partial charge in [0.2, 0.25) is 0 Å². The first-order chi connectivity index (χ1) is 9.47. The van der Waals surface area contributed by atoms with Crippen LogP contribution in [0.4, 0.5) is 0 Å². The Bertz CT molecular complexity index is 828. The summed E-state index contributed by atoms with van der Waals surface area (Å²) in [7, 11) is 3.76.